The van der Waals surface area contributed by atoms with E-state index in [-0.39, 0.29) is 29.1 Å². The van der Waals surface area contributed by atoms with Gasteiger partial charge >= 0.3 is 6.36 Å². The maximum absolute atomic E-state index is 13.1. The molecule has 0 atom stereocenters. The predicted molar refractivity (Wildman–Crippen MR) is 217 cm³/mol. The van der Waals surface area contributed by atoms with Gasteiger partial charge in [-0.25, -0.2) is 19.9 Å². The Morgan fingerprint density at radius 1 is 0.780 bits per heavy atom. The first-order chi connectivity index (χ1) is 28.5. The second-order valence-electron chi connectivity index (χ2n) is 14.5. The summed E-state index contributed by atoms with van der Waals surface area (Å²) >= 11 is 0. The lowest BCUT2D eigenvalue weighted by Crippen LogP contribution is -2.44. The molecular weight excluding hydrogens is 764 g/mol. The second-order valence-corrected chi connectivity index (χ2v) is 14.5. The third-order valence-corrected chi connectivity index (χ3v) is 10.5. The molecule has 0 radical (unpaired) electrons. The van der Waals surface area contributed by atoms with Crippen molar-refractivity contribution in [3.05, 3.63) is 108 Å². The van der Waals surface area contributed by atoms with Gasteiger partial charge in [-0.15, -0.1) is 13.2 Å². The molecule has 0 unspecified atom stereocenters. The molecule has 304 valence electrons. The highest BCUT2D eigenvalue weighted by atomic mass is 19.4. The highest BCUT2D eigenvalue weighted by Crippen LogP contribution is 2.36. The zero-order valence-corrected chi connectivity index (χ0v) is 32.4. The van der Waals surface area contributed by atoms with E-state index in [9.17, 15) is 22.8 Å². The van der Waals surface area contributed by atoms with Crippen molar-refractivity contribution < 1.29 is 27.5 Å². The Balaban J connectivity index is 0.000000180. The average Bonchev–Trinajstić information content (AvgIpc) is 3.82. The SMILES string of the molecule is CN1CCN(c2ccc(OC(F)(F)F)c(Nc3nccc(-c4cc5c(n4C)CCNC5=O)n3)c2)CC1.O=C1CCCc2[nH]c(-c3ccnc(Nc4ccccc4)n3)cc21. The van der Waals surface area contributed by atoms with Crippen molar-refractivity contribution in [1.82, 2.24) is 39.7 Å². The van der Waals surface area contributed by atoms with Gasteiger partial charge in [0.1, 0.15) is 0 Å². The fraction of sp³-hybridized carbons (Fsp3) is 0.286. The minimum absolute atomic E-state index is 0.103. The molecule has 14 nitrogen and oxygen atoms in total. The number of ketones is 1. The summed E-state index contributed by atoms with van der Waals surface area (Å²) in [5, 5.41) is 8.92. The molecule has 3 aliphatic rings. The molecular formula is C42H42F3N11O3. The fourth-order valence-corrected chi connectivity index (χ4v) is 7.41. The zero-order valence-electron chi connectivity index (χ0n) is 32.4. The van der Waals surface area contributed by atoms with E-state index in [1.165, 1.54) is 12.3 Å². The van der Waals surface area contributed by atoms with Gasteiger partial charge in [-0.2, -0.15) is 0 Å². The van der Waals surface area contributed by atoms with Crippen molar-refractivity contribution in [2.75, 3.05) is 55.3 Å². The Bertz CT molecular complexity index is 2480. The normalized spacial score (nSPS) is 15.4. The number of halogens is 3. The number of carbonyl (C=O) groups excluding carboxylic acids is 2. The number of anilines is 5. The Labute approximate surface area is 337 Å². The summed E-state index contributed by atoms with van der Waals surface area (Å²) in [6, 6.07) is 21.5. The Kier molecular flexibility index (Phi) is 11.0. The van der Waals surface area contributed by atoms with Gasteiger partial charge in [-0.05, 0) is 74.5 Å². The summed E-state index contributed by atoms with van der Waals surface area (Å²) in [4.78, 5) is 49.4. The Morgan fingerprint density at radius 3 is 2.24 bits per heavy atom. The minimum atomic E-state index is -4.85. The van der Waals surface area contributed by atoms with E-state index in [2.05, 4.69) is 55.4 Å². The number of rotatable bonds is 8. The highest BCUT2D eigenvalue weighted by molar-refractivity contribution is 5.99. The lowest BCUT2D eigenvalue weighted by Gasteiger charge is -2.34. The summed E-state index contributed by atoms with van der Waals surface area (Å²) in [6.07, 6.45) is 1.55. The van der Waals surface area contributed by atoms with Crippen LogP contribution in [0.3, 0.4) is 0 Å². The molecule has 6 heterocycles. The lowest BCUT2D eigenvalue weighted by atomic mass is 9.97. The maximum atomic E-state index is 13.1. The maximum Gasteiger partial charge on any atom is 0.573 e. The molecule has 0 saturated carbocycles. The van der Waals surface area contributed by atoms with E-state index in [1.54, 1.807) is 30.5 Å². The Hall–Kier alpha value is -6.75. The van der Waals surface area contributed by atoms with Crippen molar-refractivity contribution in [3.8, 4) is 28.5 Å². The van der Waals surface area contributed by atoms with E-state index in [0.29, 0.717) is 42.3 Å². The van der Waals surface area contributed by atoms with Gasteiger partial charge in [0.15, 0.2) is 11.5 Å². The van der Waals surface area contributed by atoms with Crippen LogP contribution in [-0.4, -0.2) is 92.2 Å². The van der Waals surface area contributed by atoms with Gasteiger partial charge < -0.3 is 40.0 Å². The van der Waals surface area contributed by atoms with Crippen molar-refractivity contribution >= 4 is 40.6 Å². The first-order valence-electron chi connectivity index (χ1n) is 19.3. The number of Topliss-reactive ketones (excluding diaryl/α,β-unsaturated/α-hetero) is 1. The number of benzene rings is 2. The second kappa shape index (κ2) is 16.6. The molecule has 0 spiro atoms. The van der Waals surface area contributed by atoms with E-state index >= 15 is 0 Å². The molecule has 1 amide bonds. The lowest BCUT2D eigenvalue weighted by molar-refractivity contribution is -0.274. The van der Waals surface area contributed by atoms with Crippen LogP contribution in [0.5, 0.6) is 5.75 Å². The van der Waals surface area contributed by atoms with Crippen molar-refractivity contribution in [1.29, 1.82) is 0 Å². The molecule has 4 N–H and O–H groups in total. The van der Waals surface area contributed by atoms with Crippen LogP contribution in [0, 0.1) is 0 Å². The number of amides is 1. The molecule has 59 heavy (non-hydrogen) atoms. The molecule has 17 heteroatoms. The summed E-state index contributed by atoms with van der Waals surface area (Å²) in [6.45, 7) is 3.78. The molecule has 2 aliphatic heterocycles. The van der Waals surface area contributed by atoms with Crippen LogP contribution in [0.25, 0.3) is 22.8 Å². The largest absolute Gasteiger partial charge is 0.573 e. The molecule has 0 bridgehead atoms. The van der Waals surface area contributed by atoms with Gasteiger partial charge in [-0.1, -0.05) is 18.2 Å². The number of fused-ring (bicyclic) bond motifs is 2. The number of nitrogens with zero attached hydrogens (tertiary/aromatic N) is 7. The number of H-pyrrole nitrogens is 1. The number of piperazine rings is 1. The average molecular weight is 806 g/mol. The van der Waals surface area contributed by atoms with Crippen LogP contribution < -0.4 is 25.6 Å². The summed E-state index contributed by atoms with van der Waals surface area (Å²) in [7, 11) is 3.89. The third kappa shape index (κ3) is 9.04. The number of likely N-dealkylation sites (N-methyl/N-ethyl adjacent to an activating group) is 1. The molecule has 6 aromatic rings. The first-order valence-corrected chi connectivity index (χ1v) is 19.3. The molecule has 1 fully saturated rings. The molecule has 1 saturated heterocycles. The van der Waals surface area contributed by atoms with Crippen LogP contribution in [0.1, 0.15) is 44.9 Å². The number of para-hydroxylation sites is 1. The number of ether oxygens (including phenoxy) is 1. The summed E-state index contributed by atoms with van der Waals surface area (Å²) in [5.41, 5.74) is 8.02. The fourth-order valence-electron chi connectivity index (χ4n) is 7.41. The van der Waals surface area contributed by atoms with Gasteiger partial charge in [0.25, 0.3) is 5.91 Å². The quantitative estimate of drug-likeness (QED) is 0.127. The van der Waals surface area contributed by atoms with Crippen LogP contribution in [0.2, 0.25) is 0 Å². The predicted octanol–water partition coefficient (Wildman–Crippen LogP) is 6.90. The van der Waals surface area contributed by atoms with Gasteiger partial charge in [0.2, 0.25) is 11.9 Å². The number of aromatic nitrogens is 6. The first kappa shape index (κ1) is 39.1. The number of carbonyl (C=O) groups is 2. The van der Waals surface area contributed by atoms with Crippen LogP contribution in [0.15, 0.2) is 85.2 Å². The highest BCUT2D eigenvalue weighted by Gasteiger charge is 2.33. The standard InChI is InChI=1S/C24H26F3N7O2.C18H16N4O/c1-32-9-11-34(12-10-32)15-3-4-21(36-24(25,26)27)18(13-15)31-23-29-7-5-17(30-23)20-14-16-19(33(20)2)6-8-28-22(16)35;23-17-8-4-7-14-13(17)11-16(21-14)15-9-10-19-18(22-15)20-12-5-2-1-3-6-12/h3-5,7,13-14H,6,8-12H2,1-2H3,(H,28,35)(H,29,30,31);1-3,5-6,9-11,21H,4,7-8H2,(H,19,20,22). The number of hydrogen-bond acceptors (Lipinski definition) is 11. The van der Waals surface area contributed by atoms with Crippen LogP contribution in [-0.2, 0) is 19.9 Å². The molecule has 9 rings (SSSR count). The smallest absolute Gasteiger partial charge is 0.404 e. The van der Waals surface area contributed by atoms with Crippen molar-refractivity contribution in [2.24, 2.45) is 7.05 Å². The van der Waals surface area contributed by atoms with Gasteiger partial charge in [-0.3, -0.25) is 9.59 Å². The zero-order chi connectivity index (χ0) is 41.1. The van der Waals surface area contributed by atoms with Gasteiger partial charge in [0, 0.05) is 93.3 Å². The van der Waals surface area contributed by atoms with E-state index in [4.69, 9.17) is 0 Å². The number of nitrogens with one attached hydrogen (secondary N) is 4. The summed E-state index contributed by atoms with van der Waals surface area (Å²) < 4.78 is 45.5. The van der Waals surface area contributed by atoms with Crippen molar-refractivity contribution in [2.45, 2.75) is 32.0 Å². The minimum Gasteiger partial charge on any atom is -0.404 e. The van der Waals surface area contributed by atoms with Crippen LogP contribution in [0.4, 0.5) is 42.1 Å². The number of aryl methyl sites for hydroxylation is 1. The Morgan fingerprint density at radius 2 is 1.51 bits per heavy atom. The van der Waals surface area contributed by atoms with E-state index in [1.807, 2.05) is 61.1 Å². The molecule has 2 aromatic carbocycles. The number of alkyl halides is 3. The number of hydrogen-bond donors (Lipinski definition) is 4. The van der Waals surface area contributed by atoms with E-state index in [0.717, 1.165) is 78.7 Å². The summed E-state index contributed by atoms with van der Waals surface area (Å²) in [5.74, 6) is 0.345. The van der Waals surface area contributed by atoms with Crippen LogP contribution >= 0.6 is 0 Å². The third-order valence-electron chi connectivity index (χ3n) is 10.5. The van der Waals surface area contributed by atoms with Crippen molar-refractivity contribution in [3.63, 3.8) is 0 Å². The molecule has 1 aliphatic carbocycles. The monoisotopic (exact) mass is 805 g/mol. The van der Waals surface area contributed by atoms with Gasteiger partial charge in [0.05, 0.1) is 34.0 Å². The number of aromatic amines is 1. The molecule has 4 aromatic heterocycles. The van der Waals surface area contributed by atoms with E-state index < -0.39 is 6.36 Å². The topological polar surface area (TPSA) is 158 Å².